The van der Waals surface area contributed by atoms with Crippen molar-refractivity contribution in [3.05, 3.63) is 58.0 Å². The number of ether oxygens (including phenoxy) is 1. The molecule has 0 aliphatic heterocycles. The van der Waals surface area contributed by atoms with Gasteiger partial charge in [-0.05, 0) is 43.7 Å². The lowest BCUT2D eigenvalue weighted by Crippen LogP contribution is -2.15. The number of anilines is 1. The van der Waals surface area contributed by atoms with Gasteiger partial charge in [-0.3, -0.25) is 4.79 Å². The summed E-state index contributed by atoms with van der Waals surface area (Å²) in [5.41, 5.74) is 3.96. The minimum atomic E-state index is -0.268. The van der Waals surface area contributed by atoms with Crippen molar-refractivity contribution in [3.63, 3.8) is 0 Å². The second kappa shape index (κ2) is 6.62. The molecule has 0 aliphatic carbocycles. The lowest BCUT2D eigenvalue weighted by molar-refractivity contribution is -0.116. The van der Waals surface area contributed by atoms with Gasteiger partial charge in [0, 0.05) is 5.69 Å². The molecule has 6 heteroatoms. The Morgan fingerprint density at radius 1 is 1.08 bits per heavy atom. The maximum atomic E-state index is 12.0. The highest BCUT2D eigenvalue weighted by atomic mass is 16.5. The number of carbonyl (C=O) groups is 1. The van der Waals surface area contributed by atoms with Crippen molar-refractivity contribution >= 4 is 22.6 Å². The van der Waals surface area contributed by atoms with Gasteiger partial charge in [-0.2, -0.15) is 0 Å². The molecule has 0 bridgehead atoms. The van der Waals surface area contributed by atoms with Crippen LogP contribution in [-0.4, -0.2) is 22.5 Å². The molecule has 0 fully saturated rings. The average molecular weight is 325 g/mol. The van der Waals surface area contributed by atoms with Crippen LogP contribution in [0.5, 0.6) is 5.75 Å². The molecular weight excluding hydrogens is 306 g/mol. The van der Waals surface area contributed by atoms with Crippen LogP contribution in [0.15, 0.2) is 41.2 Å². The lowest BCUT2D eigenvalue weighted by atomic mass is 10.1. The van der Waals surface area contributed by atoms with Gasteiger partial charge < -0.3 is 20.0 Å². The minimum absolute atomic E-state index is 0.142. The Bertz CT molecular complexity index is 940. The van der Waals surface area contributed by atoms with E-state index in [9.17, 15) is 9.59 Å². The number of hydrogen-bond acceptors (Lipinski definition) is 3. The predicted octanol–water partition coefficient (Wildman–Crippen LogP) is 2.88. The summed E-state index contributed by atoms with van der Waals surface area (Å²) in [5.74, 6) is 0.650. The average Bonchev–Trinajstić information content (AvgIpc) is 2.89. The zero-order valence-corrected chi connectivity index (χ0v) is 13.6. The number of benzene rings is 2. The van der Waals surface area contributed by atoms with Gasteiger partial charge in [-0.25, -0.2) is 4.79 Å². The Balaban J connectivity index is 1.55. The van der Waals surface area contributed by atoms with Crippen LogP contribution in [0.1, 0.15) is 17.5 Å². The summed E-state index contributed by atoms with van der Waals surface area (Å²) in [6, 6.07) is 11.1. The normalized spacial score (nSPS) is 10.8. The molecule has 3 rings (SSSR count). The number of amides is 1. The zero-order valence-electron chi connectivity index (χ0n) is 13.6. The van der Waals surface area contributed by atoms with Crippen molar-refractivity contribution in [2.45, 2.75) is 20.3 Å². The molecule has 124 valence electrons. The maximum Gasteiger partial charge on any atom is 0.323 e. The van der Waals surface area contributed by atoms with Crippen LogP contribution < -0.4 is 15.7 Å². The lowest BCUT2D eigenvalue weighted by Gasteiger charge is -2.10. The zero-order chi connectivity index (χ0) is 17.1. The van der Waals surface area contributed by atoms with Crippen LogP contribution in [0.25, 0.3) is 11.0 Å². The molecule has 1 heterocycles. The quantitative estimate of drug-likeness (QED) is 0.674. The Kier molecular flexibility index (Phi) is 4.37. The number of hydrogen-bond donors (Lipinski definition) is 3. The third-order valence-electron chi connectivity index (χ3n) is 3.72. The standard InChI is InChI=1S/C18H19N3O3/c1-11-3-6-16(12(2)9-11)24-8-7-17(22)19-13-4-5-14-15(10-13)21-18(23)20-14/h3-6,9-10H,7-8H2,1-2H3,(H,19,22)(H2,20,21,23). The van der Waals surface area contributed by atoms with E-state index in [-0.39, 0.29) is 18.0 Å². The summed E-state index contributed by atoms with van der Waals surface area (Å²) >= 11 is 0. The molecule has 2 aromatic carbocycles. The number of carbonyl (C=O) groups excluding carboxylic acids is 1. The van der Waals surface area contributed by atoms with Crippen molar-refractivity contribution in [1.82, 2.24) is 9.97 Å². The molecule has 0 radical (unpaired) electrons. The summed E-state index contributed by atoms with van der Waals surface area (Å²) in [6.07, 6.45) is 0.245. The fraction of sp³-hybridized carbons (Fsp3) is 0.222. The van der Waals surface area contributed by atoms with E-state index in [0.29, 0.717) is 23.3 Å². The Morgan fingerprint density at radius 2 is 1.88 bits per heavy atom. The molecule has 3 aromatic rings. The van der Waals surface area contributed by atoms with E-state index in [0.717, 1.165) is 11.3 Å². The van der Waals surface area contributed by atoms with Crippen molar-refractivity contribution in [1.29, 1.82) is 0 Å². The van der Waals surface area contributed by atoms with Crippen LogP contribution in [0.2, 0.25) is 0 Å². The Hall–Kier alpha value is -3.02. The summed E-state index contributed by atoms with van der Waals surface area (Å²) in [6.45, 7) is 4.31. The van der Waals surface area contributed by atoms with Crippen molar-refractivity contribution in [2.75, 3.05) is 11.9 Å². The van der Waals surface area contributed by atoms with Crippen LogP contribution in [0, 0.1) is 13.8 Å². The molecular formula is C18H19N3O3. The molecule has 6 nitrogen and oxygen atoms in total. The number of nitrogens with one attached hydrogen (secondary N) is 3. The third kappa shape index (κ3) is 3.65. The second-order valence-electron chi connectivity index (χ2n) is 5.76. The summed E-state index contributed by atoms with van der Waals surface area (Å²) < 4.78 is 5.66. The van der Waals surface area contributed by atoms with Gasteiger partial charge in [0.25, 0.3) is 0 Å². The van der Waals surface area contributed by atoms with E-state index in [1.54, 1.807) is 18.2 Å². The maximum absolute atomic E-state index is 12.0. The first kappa shape index (κ1) is 15.9. The van der Waals surface area contributed by atoms with Crippen molar-refractivity contribution in [2.24, 2.45) is 0 Å². The van der Waals surface area contributed by atoms with Gasteiger partial charge in [0.05, 0.1) is 24.1 Å². The fourth-order valence-electron chi connectivity index (χ4n) is 2.55. The molecule has 0 spiro atoms. The first-order valence-corrected chi connectivity index (χ1v) is 7.73. The molecule has 0 atom stereocenters. The number of aromatic nitrogens is 2. The number of aryl methyl sites for hydroxylation is 2. The fourth-order valence-corrected chi connectivity index (χ4v) is 2.55. The van der Waals surface area contributed by atoms with E-state index >= 15 is 0 Å². The van der Waals surface area contributed by atoms with E-state index in [1.165, 1.54) is 5.56 Å². The molecule has 24 heavy (non-hydrogen) atoms. The van der Waals surface area contributed by atoms with E-state index < -0.39 is 0 Å². The van der Waals surface area contributed by atoms with Gasteiger partial charge in [-0.15, -0.1) is 0 Å². The van der Waals surface area contributed by atoms with Gasteiger partial charge in [-0.1, -0.05) is 17.7 Å². The van der Waals surface area contributed by atoms with Crippen molar-refractivity contribution < 1.29 is 9.53 Å². The molecule has 3 N–H and O–H groups in total. The Labute approximate surface area is 138 Å². The smallest absolute Gasteiger partial charge is 0.323 e. The summed E-state index contributed by atoms with van der Waals surface area (Å²) in [5, 5.41) is 2.80. The van der Waals surface area contributed by atoms with Gasteiger partial charge in [0.1, 0.15) is 5.75 Å². The number of rotatable bonds is 5. The molecule has 1 aromatic heterocycles. The number of imidazole rings is 1. The topological polar surface area (TPSA) is 87.0 Å². The molecule has 0 saturated heterocycles. The highest BCUT2D eigenvalue weighted by Crippen LogP contribution is 2.19. The molecule has 0 unspecified atom stereocenters. The largest absolute Gasteiger partial charge is 0.493 e. The third-order valence-corrected chi connectivity index (χ3v) is 3.72. The monoisotopic (exact) mass is 325 g/mol. The first-order valence-electron chi connectivity index (χ1n) is 7.73. The molecule has 0 saturated carbocycles. The first-order chi connectivity index (χ1) is 11.5. The van der Waals surface area contributed by atoms with E-state index in [1.807, 2.05) is 32.0 Å². The number of aromatic amines is 2. The summed E-state index contributed by atoms with van der Waals surface area (Å²) in [4.78, 5) is 28.6. The van der Waals surface area contributed by atoms with E-state index in [4.69, 9.17) is 4.74 Å². The van der Waals surface area contributed by atoms with E-state index in [2.05, 4.69) is 15.3 Å². The Morgan fingerprint density at radius 3 is 2.67 bits per heavy atom. The second-order valence-corrected chi connectivity index (χ2v) is 5.76. The highest BCUT2D eigenvalue weighted by Gasteiger charge is 2.06. The van der Waals surface area contributed by atoms with Gasteiger partial charge >= 0.3 is 5.69 Å². The van der Waals surface area contributed by atoms with Crippen LogP contribution in [0.4, 0.5) is 5.69 Å². The van der Waals surface area contributed by atoms with Crippen LogP contribution >= 0.6 is 0 Å². The highest BCUT2D eigenvalue weighted by molar-refractivity contribution is 5.93. The summed E-state index contributed by atoms with van der Waals surface area (Å²) in [7, 11) is 0. The molecule has 0 aliphatic rings. The van der Waals surface area contributed by atoms with Crippen molar-refractivity contribution in [3.8, 4) is 5.75 Å². The minimum Gasteiger partial charge on any atom is -0.493 e. The predicted molar refractivity (Wildman–Crippen MR) is 93.6 cm³/mol. The SMILES string of the molecule is Cc1ccc(OCCC(=O)Nc2ccc3[nH]c(=O)[nH]c3c2)c(C)c1. The van der Waals surface area contributed by atoms with Gasteiger partial charge in [0.2, 0.25) is 5.91 Å². The number of H-pyrrole nitrogens is 2. The van der Waals surface area contributed by atoms with Crippen LogP contribution in [-0.2, 0) is 4.79 Å². The van der Waals surface area contributed by atoms with Crippen LogP contribution in [0.3, 0.4) is 0 Å². The van der Waals surface area contributed by atoms with Gasteiger partial charge in [0.15, 0.2) is 0 Å². The molecule has 1 amide bonds. The number of fused-ring (bicyclic) bond motifs is 1.